The quantitative estimate of drug-likeness (QED) is 0.0543. The van der Waals surface area contributed by atoms with E-state index in [2.05, 4.69) is 75.8 Å². The van der Waals surface area contributed by atoms with E-state index in [9.17, 15) is 0 Å². The monoisotopic (exact) mass is 897 g/mol. The minimum atomic E-state index is 0.0653. The molecule has 0 bridgehead atoms. The summed E-state index contributed by atoms with van der Waals surface area (Å²) < 4.78 is 0. The van der Waals surface area contributed by atoms with E-state index in [1.165, 1.54) is 6.38 Å². The summed E-state index contributed by atoms with van der Waals surface area (Å²) in [5.41, 5.74) is 21.9. The first-order chi connectivity index (χ1) is 31.4. The predicted octanol–water partition coefficient (Wildman–Crippen LogP) is 2.96. The molecule has 0 saturated carbocycles. The molecule has 0 amide bonds. The van der Waals surface area contributed by atoms with E-state index in [0.29, 0.717) is 78.5 Å². The Hall–Kier alpha value is -5.75. The maximum Gasteiger partial charge on any atom is 0.214 e. The van der Waals surface area contributed by atoms with Crippen LogP contribution in [0.4, 0.5) is 0 Å². The van der Waals surface area contributed by atoms with Crippen LogP contribution in [-0.2, 0) is 0 Å². The van der Waals surface area contributed by atoms with Crippen molar-refractivity contribution in [2.45, 2.75) is 38.0 Å². The van der Waals surface area contributed by atoms with Gasteiger partial charge in [-0.1, -0.05) is 60.7 Å². The lowest BCUT2D eigenvalue weighted by atomic mass is 10.1. The molecule has 2 aromatic rings. The molecule has 0 radical (unpaired) electrons. The van der Waals surface area contributed by atoms with Crippen molar-refractivity contribution in [3.05, 3.63) is 94.6 Å². The standard InChI is InChI=1S/2C13H14N4.2C7H11N3.2C2H8N2.CH3Cl/c2*14-6-8-16-10-11-17(9-7-15)13(16)12-4-2-1-3-5-12;2*1-9-5-2-3-6-10-7-4-8;2*3-1-2-4;1-2/h2*1-5,13H,8-11H2;2*10H,2-3,5-7H2;2*1-4H2;1H3. The zero-order chi connectivity index (χ0) is 48.3. The maximum absolute atomic E-state index is 8.83. The Bertz CT molecular complexity index is 1500. The van der Waals surface area contributed by atoms with Crippen LogP contribution >= 0.6 is 11.6 Å². The van der Waals surface area contributed by atoms with E-state index in [4.69, 9.17) is 67.7 Å². The summed E-state index contributed by atoms with van der Waals surface area (Å²) in [7, 11) is 0. The third kappa shape index (κ3) is 32.9. The number of rotatable bonds is 18. The van der Waals surface area contributed by atoms with E-state index in [0.717, 1.165) is 76.1 Å². The van der Waals surface area contributed by atoms with Gasteiger partial charge in [0.1, 0.15) is 0 Å². The van der Waals surface area contributed by atoms with E-state index >= 15 is 0 Å². The molecule has 2 aliphatic rings. The molecule has 2 aromatic carbocycles. The number of nitriles is 6. The molecule has 2 saturated heterocycles. The number of nitrogens with zero attached hydrogens (tertiary/aromatic N) is 12. The van der Waals surface area contributed by atoms with Gasteiger partial charge in [0, 0.05) is 71.6 Å². The first-order valence-electron chi connectivity index (χ1n) is 20.9. The van der Waals surface area contributed by atoms with Crippen molar-refractivity contribution in [2.24, 2.45) is 22.9 Å². The normalized spacial score (nSPS) is 13.0. The lowest BCUT2D eigenvalue weighted by molar-refractivity contribution is 0.164. The van der Waals surface area contributed by atoms with Crippen molar-refractivity contribution in [3.8, 4) is 36.4 Å². The fourth-order valence-electron chi connectivity index (χ4n) is 5.75. The highest BCUT2D eigenvalue weighted by Crippen LogP contribution is 2.30. The SMILES string of the molecule is CCl.N#CCN1CCN(CC#N)C1c1ccccc1.N#CCN1CCN(CC#N)C1c1ccccc1.NCCN.NCCN.[C-]#[N+]CCCCNCC#N.[C-]#[N+]CCCCNCC#N. The molecule has 2 heterocycles. The van der Waals surface area contributed by atoms with Crippen LogP contribution in [-0.4, -0.2) is 144 Å². The van der Waals surface area contributed by atoms with Crippen LogP contribution in [0, 0.1) is 81.1 Å². The molecule has 346 valence electrons. The molecule has 0 aliphatic carbocycles. The van der Waals surface area contributed by atoms with Gasteiger partial charge in [0.15, 0.2) is 0 Å². The summed E-state index contributed by atoms with van der Waals surface area (Å²) in [5.74, 6) is 0. The van der Waals surface area contributed by atoms with Gasteiger partial charge in [0.05, 0.1) is 88.0 Å². The fraction of sp³-hybridized carbons (Fsp3) is 0.556. The second-order valence-electron chi connectivity index (χ2n) is 13.1. The molecule has 2 fully saturated rings. The molecule has 0 aromatic heterocycles. The summed E-state index contributed by atoms with van der Waals surface area (Å²) in [6.45, 7) is 24.1. The number of hydrogen-bond donors (Lipinski definition) is 6. The van der Waals surface area contributed by atoms with Gasteiger partial charge in [-0.3, -0.25) is 19.6 Å². The van der Waals surface area contributed by atoms with Crippen LogP contribution in [0.25, 0.3) is 9.69 Å². The van der Waals surface area contributed by atoms with Gasteiger partial charge < -0.3 is 43.3 Å². The number of unbranched alkanes of at least 4 members (excludes halogenated alkanes) is 2. The Morgan fingerprint density at radius 1 is 0.516 bits per heavy atom. The van der Waals surface area contributed by atoms with Crippen molar-refractivity contribution < 1.29 is 0 Å². The number of alkyl halides is 1. The molecule has 19 heteroatoms. The van der Waals surface area contributed by atoms with Gasteiger partial charge in [-0.05, 0) is 37.1 Å². The molecule has 0 spiro atoms. The Kier molecular flexibility index (Phi) is 48.8. The summed E-state index contributed by atoms with van der Waals surface area (Å²) in [4.78, 5) is 14.8. The molecule has 0 unspecified atom stereocenters. The lowest BCUT2D eigenvalue weighted by Crippen LogP contribution is -2.31. The summed E-state index contributed by atoms with van der Waals surface area (Å²) in [6, 6.07) is 32.8. The third-order valence-corrected chi connectivity index (χ3v) is 8.51. The second kappa shape index (κ2) is 49.9. The van der Waals surface area contributed by atoms with Crippen LogP contribution in [0.15, 0.2) is 60.7 Å². The highest BCUT2D eigenvalue weighted by Gasteiger charge is 2.33. The minimum Gasteiger partial charge on any atom is -0.329 e. The number of hydrogen-bond acceptors (Lipinski definition) is 16. The average Bonchev–Trinajstić information content (AvgIpc) is 3.94. The largest absolute Gasteiger partial charge is 0.329 e. The first-order valence-corrected chi connectivity index (χ1v) is 21.7. The van der Waals surface area contributed by atoms with Crippen LogP contribution < -0.4 is 33.6 Å². The molecule has 0 atom stereocenters. The van der Waals surface area contributed by atoms with Crippen molar-refractivity contribution in [3.63, 3.8) is 0 Å². The fourth-order valence-corrected chi connectivity index (χ4v) is 5.75. The number of benzene rings is 2. The molecular formula is C45H69ClN18. The van der Waals surface area contributed by atoms with Gasteiger partial charge in [0.2, 0.25) is 13.1 Å². The maximum atomic E-state index is 8.83. The van der Waals surface area contributed by atoms with Crippen LogP contribution in [0.3, 0.4) is 0 Å². The van der Waals surface area contributed by atoms with Crippen LogP contribution in [0.5, 0.6) is 0 Å². The summed E-state index contributed by atoms with van der Waals surface area (Å²) in [5, 5.41) is 57.4. The van der Waals surface area contributed by atoms with Gasteiger partial charge in [0.25, 0.3) is 0 Å². The number of halogens is 1. The van der Waals surface area contributed by atoms with Gasteiger partial charge in [-0.15, -0.1) is 11.6 Å². The molecular weight excluding hydrogens is 828 g/mol. The Morgan fingerprint density at radius 2 is 0.797 bits per heavy atom. The molecule has 4 rings (SSSR count). The second-order valence-corrected chi connectivity index (χ2v) is 13.1. The zero-order valence-electron chi connectivity index (χ0n) is 37.5. The van der Waals surface area contributed by atoms with Crippen molar-refractivity contribution in [1.29, 1.82) is 31.6 Å². The van der Waals surface area contributed by atoms with E-state index in [1.54, 1.807) is 0 Å². The third-order valence-electron chi connectivity index (χ3n) is 8.51. The van der Waals surface area contributed by atoms with Crippen molar-refractivity contribution in [2.75, 3.05) is 124 Å². The zero-order valence-corrected chi connectivity index (χ0v) is 38.3. The Labute approximate surface area is 388 Å². The van der Waals surface area contributed by atoms with Crippen molar-refractivity contribution in [1.82, 2.24) is 30.2 Å². The van der Waals surface area contributed by atoms with Gasteiger partial charge in [-0.25, -0.2) is 13.1 Å². The highest BCUT2D eigenvalue weighted by molar-refractivity contribution is 6.15. The minimum absolute atomic E-state index is 0.0653. The predicted molar refractivity (Wildman–Crippen MR) is 253 cm³/mol. The topological polar surface area (TPSA) is 293 Å². The van der Waals surface area contributed by atoms with E-state index in [-0.39, 0.29) is 12.3 Å². The lowest BCUT2D eigenvalue weighted by Gasteiger charge is -2.27. The number of nitrogens with one attached hydrogen (secondary N) is 2. The van der Waals surface area contributed by atoms with E-state index in [1.807, 2.05) is 72.8 Å². The molecule has 18 nitrogen and oxygen atoms in total. The highest BCUT2D eigenvalue weighted by atomic mass is 35.5. The Morgan fingerprint density at radius 3 is 1.02 bits per heavy atom. The first kappa shape index (κ1) is 62.5. The number of nitrogens with two attached hydrogens (primary N) is 4. The smallest absolute Gasteiger partial charge is 0.214 e. The molecule has 64 heavy (non-hydrogen) atoms. The van der Waals surface area contributed by atoms with Crippen molar-refractivity contribution >= 4 is 11.6 Å². The summed E-state index contributed by atoms with van der Waals surface area (Å²) in [6.07, 6.45) is 5.45. The average molecular weight is 898 g/mol. The van der Waals surface area contributed by atoms with Gasteiger partial charge >= 0.3 is 0 Å². The van der Waals surface area contributed by atoms with E-state index < -0.39 is 0 Å². The van der Waals surface area contributed by atoms with Crippen LogP contribution in [0.2, 0.25) is 0 Å². The molecule has 10 N–H and O–H groups in total. The molecule has 2 aliphatic heterocycles. The summed E-state index contributed by atoms with van der Waals surface area (Å²) >= 11 is 4.64. The Balaban J connectivity index is -0.000000741. The van der Waals surface area contributed by atoms with Gasteiger partial charge in [-0.2, -0.15) is 31.6 Å². The van der Waals surface area contributed by atoms with Crippen LogP contribution in [0.1, 0.15) is 49.1 Å².